The molecule has 0 aliphatic rings. The van der Waals surface area contributed by atoms with Crippen molar-refractivity contribution in [2.75, 3.05) is 5.73 Å². The van der Waals surface area contributed by atoms with Gasteiger partial charge in [0.1, 0.15) is 5.75 Å². The van der Waals surface area contributed by atoms with Gasteiger partial charge in [0.25, 0.3) is 0 Å². The van der Waals surface area contributed by atoms with Crippen LogP contribution in [0.1, 0.15) is 0 Å². The summed E-state index contributed by atoms with van der Waals surface area (Å²) in [5.41, 5.74) is 0.0998. The molecule has 0 saturated carbocycles. The van der Waals surface area contributed by atoms with Gasteiger partial charge in [-0.05, 0) is 23.9 Å². The Kier molecular flexibility index (Phi) is 4.16. The Morgan fingerprint density at radius 2 is 1.67 bits per heavy atom. The zero-order valence-electron chi connectivity index (χ0n) is 8.19. The average molecular weight is 312 g/mol. The number of anilines is 1. The Balaban J connectivity index is 3.15. The van der Waals surface area contributed by atoms with Gasteiger partial charge >= 0.3 is 11.9 Å². The van der Waals surface area contributed by atoms with Crippen molar-refractivity contribution < 1.29 is 31.1 Å². The monoisotopic (exact) mass is 311 g/mol. The predicted molar refractivity (Wildman–Crippen MR) is 54.5 cm³/mol. The predicted octanol–water partition coefficient (Wildman–Crippen LogP) is 4.43. The molecule has 0 aromatic heterocycles. The molecule has 1 aromatic carbocycles. The largest absolute Gasteiger partial charge is 0.573 e. The first-order valence-corrected chi connectivity index (χ1v) is 5.28. The molecule has 1 aromatic rings. The Hall–Kier alpha value is -0.960. The molecule has 0 fully saturated rings. The van der Waals surface area contributed by atoms with Gasteiger partial charge in [-0.3, -0.25) is 0 Å². The second kappa shape index (κ2) is 4.96. The van der Waals surface area contributed by atoms with Crippen molar-refractivity contribution in [3.05, 3.63) is 17.2 Å². The number of nitrogen functional groups attached to an aromatic ring is 1. The second-order valence-electron chi connectivity index (χ2n) is 2.89. The van der Waals surface area contributed by atoms with Gasteiger partial charge < -0.3 is 10.5 Å². The molecule has 0 bridgehead atoms. The lowest BCUT2D eigenvalue weighted by atomic mass is 10.3. The van der Waals surface area contributed by atoms with E-state index in [1.807, 2.05) is 0 Å². The molecule has 0 aliphatic heterocycles. The number of ether oxygens (including phenoxy) is 1. The molecule has 1 rings (SSSR count). The highest BCUT2D eigenvalue weighted by molar-refractivity contribution is 8.00. The third-order valence-electron chi connectivity index (χ3n) is 1.54. The quantitative estimate of drug-likeness (QED) is 0.498. The summed E-state index contributed by atoms with van der Waals surface area (Å²) in [5.74, 6) is -0.940. The van der Waals surface area contributed by atoms with Crippen LogP contribution in [-0.2, 0) is 0 Å². The van der Waals surface area contributed by atoms with Crippen LogP contribution in [0.2, 0.25) is 5.02 Å². The van der Waals surface area contributed by atoms with Gasteiger partial charge in [0.2, 0.25) is 0 Å². The van der Waals surface area contributed by atoms with E-state index in [0.717, 1.165) is 12.1 Å². The fourth-order valence-electron chi connectivity index (χ4n) is 0.976. The SMILES string of the molecule is Nc1ccc(OC(F)(F)F)c(Cl)c1SC(F)(F)F. The van der Waals surface area contributed by atoms with Crippen molar-refractivity contribution in [3.63, 3.8) is 0 Å². The molecule has 2 N–H and O–H groups in total. The topological polar surface area (TPSA) is 35.2 Å². The summed E-state index contributed by atoms with van der Waals surface area (Å²) in [4.78, 5) is -0.731. The first-order chi connectivity index (χ1) is 7.99. The van der Waals surface area contributed by atoms with Crippen molar-refractivity contribution in [1.29, 1.82) is 0 Å². The molecule has 2 nitrogen and oxygen atoms in total. The van der Waals surface area contributed by atoms with E-state index in [0.29, 0.717) is 0 Å². The van der Waals surface area contributed by atoms with Crippen LogP contribution in [-0.4, -0.2) is 11.9 Å². The minimum Gasteiger partial charge on any atom is -0.404 e. The highest BCUT2D eigenvalue weighted by Crippen LogP contribution is 2.47. The van der Waals surface area contributed by atoms with Crippen molar-refractivity contribution >= 4 is 29.1 Å². The molecule has 102 valence electrons. The van der Waals surface area contributed by atoms with Crippen LogP contribution in [0.25, 0.3) is 0 Å². The van der Waals surface area contributed by atoms with Crippen molar-refractivity contribution in [2.45, 2.75) is 16.8 Å². The van der Waals surface area contributed by atoms with Crippen LogP contribution >= 0.6 is 23.4 Å². The molecule has 0 spiro atoms. The van der Waals surface area contributed by atoms with E-state index in [2.05, 4.69) is 4.74 Å². The number of hydrogen-bond donors (Lipinski definition) is 1. The smallest absolute Gasteiger partial charge is 0.404 e. The molecule has 0 unspecified atom stereocenters. The Morgan fingerprint density at radius 1 is 1.11 bits per heavy atom. The highest BCUT2D eigenvalue weighted by atomic mass is 35.5. The second-order valence-corrected chi connectivity index (χ2v) is 4.34. The van der Waals surface area contributed by atoms with Gasteiger partial charge in [-0.15, -0.1) is 13.2 Å². The first-order valence-electron chi connectivity index (χ1n) is 4.09. The molecule has 0 amide bonds. The zero-order valence-corrected chi connectivity index (χ0v) is 9.77. The minimum atomic E-state index is -5.06. The fourth-order valence-corrected chi connectivity index (χ4v) is 1.91. The lowest BCUT2D eigenvalue weighted by Crippen LogP contribution is -2.17. The van der Waals surface area contributed by atoms with E-state index in [4.69, 9.17) is 17.3 Å². The number of rotatable bonds is 2. The molecule has 0 heterocycles. The lowest BCUT2D eigenvalue weighted by molar-refractivity contribution is -0.274. The van der Waals surface area contributed by atoms with E-state index in [9.17, 15) is 26.3 Å². The van der Waals surface area contributed by atoms with Gasteiger partial charge in [-0.1, -0.05) is 11.6 Å². The van der Waals surface area contributed by atoms with E-state index in [1.165, 1.54) is 0 Å². The van der Waals surface area contributed by atoms with Crippen LogP contribution in [0.3, 0.4) is 0 Å². The van der Waals surface area contributed by atoms with E-state index < -0.39 is 45.0 Å². The molecular weight excluding hydrogens is 308 g/mol. The first kappa shape index (κ1) is 15.1. The summed E-state index contributed by atoms with van der Waals surface area (Å²) >= 11 is 4.69. The van der Waals surface area contributed by atoms with Gasteiger partial charge in [0.15, 0.2) is 0 Å². The molecule has 18 heavy (non-hydrogen) atoms. The lowest BCUT2D eigenvalue weighted by Gasteiger charge is -2.15. The molecule has 0 radical (unpaired) electrons. The van der Waals surface area contributed by atoms with Gasteiger partial charge in [-0.25, -0.2) is 0 Å². The van der Waals surface area contributed by atoms with Crippen LogP contribution in [0.15, 0.2) is 17.0 Å². The Morgan fingerprint density at radius 3 is 2.11 bits per heavy atom. The molecular formula is C8H4ClF6NOS. The maximum atomic E-state index is 12.2. The van der Waals surface area contributed by atoms with Crippen LogP contribution < -0.4 is 10.5 Å². The van der Waals surface area contributed by atoms with E-state index >= 15 is 0 Å². The number of thioether (sulfide) groups is 1. The van der Waals surface area contributed by atoms with Crippen LogP contribution in [0, 0.1) is 0 Å². The number of alkyl halides is 6. The van der Waals surface area contributed by atoms with Crippen molar-refractivity contribution in [3.8, 4) is 5.75 Å². The third kappa shape index (κ3) is 4.37. The normalized spacial score (nSPS) is 12.6. The number of hydrogen-bond acceptors (Lipinski definition) is 3. The maximum absolute atomic E-state index is 12.2. The summed E-state index contributed by atoms with van der Waals surface area (Å²) in [5, 5.41) is -0.838. The summed E-state index contributed by atoms with van der Waals surface area (Å²) in [6, 6.07) is 1.59. The summed E-state index contributed by atoms with van der Waals surface area (Å²) in [7, 11) is 0. The van der Waals surface area contributed by atoms with E-state index in [1.54, 1.807) is 0 Å². The zero-order chi connectivity index (χ0) is 14.1. The summed E-state index contributed by atoms with van der Waals surface area (Å²) < 4.78 is 75.8. The fraction of sp³-hybridized carbons (Fsp3) is 0.250. The molecule has 0 atom stereocenters. The van der Waals surface area contributed by atoms with Gasteiger partial charge in [-0.2, -0.15) is 13.2 Å². The molecule has 0 aliphatic carbocycles. The Bertz CT molecular complexity index is 446. The highest BCUT2D eigenvalue weighted by Gasteiger charge is 2.35. The molecule has 0 saturated heterocycles. The Labute approximate surface area is 106 Å². The number of halogens is 7. The summed E-state index contributed by atoms with van der Waals surface area (Å²) in [6.07, 6.45) is -5.06. The van der Waals surface area contributed by atoms with Gasteiger partial charge in [0.05, 0.1) is 9.92 Å². The maximum Gasteiger partial charge on any atom is 0.573 e. The van der Waals surface area contributed by atoms with Gasteiger partial charge in [0, 0.05) is 5.69 Å². The molecule has 10 heteroatoms. The number of nitrogens with two attached hydrogens (primary N) is 1. The van der Waals surface area contributed by atoms with Crippen molar-refractivity contribution in [2.24, 2.45) is 0 Å². The average Bonchev–Trinajstić information content (AvgIpc) is 2.14. The van der Waals surface area contributed by atoms with Crippen LogP contribution in [0.4, 0.5) is 32.0 Å². The summed E-state index contributed by atoms with van der Waals surface area (Å²) in [6.45, 7) is 0. The van der Waals surface area contributed by atoms with E-state index in [-0.39, 0.29) is 0 Å². The van der Waals surface area contributed by atoms with Crippen LogP contribution in [0.5, 0.6) is 5.75 Å². The number of benzene rings is 1. The third-order valence-corrected chi connectivity index (χ3v) is 2.90. The minimum absolute atomic E-state index is 0.392. The van der Waals surface area contributed by atoms with Crippen molar-refractivity contribution in [1.82, 2.24) is 0 Å². The standard InChI is InChI=1S/C8H4ClF6NOS/c9-5-4(17-7(10,11)12)2-1-3(16)6(5)18-8(13,14)15/h1-2H,16H2.